The molecule has 3 aromatic rings. The Balaban J connectivity index is 1.78. The number of benzene rings is 2. The van der Waals surface area contributed by atoms with Crippen LogP contribution >= 0.6 is 23.2 Å². The van der Waals surface area contributed by atoms with E-state index in [0.29, 0.717) is 39.4 Å². The van der Waals surface area contributed by atoms with Crippen molar-refractivity contribution in [2.24, 2.45) is 0 Å². The molecule has 0 bridgehead atoms. The fraction of sp³-hybridized carbons (Fsp3) is 0.227. The number of hydrogen-bond acceptors (Lipinski definition) is 3. The number of nitrogens with one attached hydrogen (secondary N) is 1. The highest BCUT2D eigenvalue weighted by atomic mass is 35.5. The van der Waals surface area contributed by atoms with Gasteiger partial charge in [-0.3, -0.25) is 4.79 Å². The van der Waals surface area contributed by atoms with Crippen LogP contribution in [0.25, 0.3) is 11.3 Å². The topological polar surface area (TPSA) is 54.9 Å². The second-order valence-corrected chi connectivity index (χ2v) is 7.37. The molecule has 0 fully saturated rings. The molecule has 6 heteroatoms. The minimum absolute atomic E-state index is 0.188. The molecule has 3 rings (SSSR count). The minimum Gasteiger partial charge on any atom is -0.352 e. The molecule has 0 aliphatic rings. The van der Waals surface area contributed by atoms with E-state index in [0.717, 1.165) is 18.4 Å². The van der Waals surface area contributed by atoms with E-state index in [9.17, 15) is 4.79 Å². The maximum Gasteiger partial charge on any atom is 0.255 e. The van der Waals surface area contributed by atoms with E-state index in [2.05, 4.69) is 27.4 Å². The Labute approximate surface area is 174 Å². The molecule has 2 aromatic carbocycles. The summed E-state index contributed by atoms with van der Waals surface area (Å²) in [5.41, 5.74) is 3.64. The number of hydrogen-bond donors (Lipinski definition) is 1. The second-order valence-electron chi connectivity index (χ2n) is 6.55. The van der Waals surface area contributed by atoms with Gasteiger partial charge in [-0.05, 0) is 44.4 Å². The Bertz CT molecular complexity index is 991. The van der Waals surface area contributed by atoms with Gasteiger partial charge in [0.25, 0.3) is 5.91 Å². The number of rotatable bonds is 6. The fourth-order valence-corrected chi connectivity index (χ4v) is 3.36. The number of amides is 1. The Morgan fingerprint density at radius 3 is 2.46 bits per heavy atom. The first kappa shape index (κ1) is 20.3. The molecular weight excluding hydrogens is 393 g/mol. The van der Waals surface area contributed by atoms with Crippen molar-refractivity contribution in [2.75, 3.05) is 6.54 Å². The third-order valence-corrected chi connectivity index (χ3v) is 5.13. The Kier molecular flexibility index (Phi) is 6.65. The molecule has 0 aliphatic heterocycles. The monoisotopic (exact) mass is 413 g/mol. The number of carbonyl (C=O) groups is 1. The number of aryl methyl sites for hydroxylation is 3. The van der Waals surface area contributed by atoms with Crippen LogP contribution in [-0.4, -0.2) is 22.4 Å². The van der Waals surface area contributed by atoms with Crippen molar-refractivity contribution in [1.29, 1.82) is 0 Å². The molecule has 1 aromatic heterocycles. The highest BCUT2D eigenvalue weighted by Crippen LogP contribution is 2.30. The lowest BCUT2D eigenvalue weighted by atomic mass is 10.0. The van der Waals surface area contributed by atoms with Crippen molar-refractivity contribution < 1.29 is 4.79 Å². The molecular formula is C22H21Cl2N3O. The molecule has 0 spiro atoms. The van der Waals surface area contributed by atoms with Crippen molar-refractivity contribution in [3.05, 3.63) is 81.2 Å². The summed E-state index contributed by atoms with van der Waals surface area (Å²) >= 11 is 12.2. The van der Waals surface area contributed by atoms with Crippen LogP contribution in [0, 0.1) is 13.8 Å². The average Bonchev–Trinajstić information content (AvgIpc) is 2.67. The zero-order chi connectivity index (χ0) is 20.1. The van der Waals surface area contributed by atoms with Crippen LogP contribution in [0.5, 0.6) is 0 Å². The summed E-state index contributed by atoms with van der Waals surface area (Å²) in [5, 5.41) is 3.86. The van der Waals surface area contributed by atoms with E-state index in [1.165, 1.54) is 5.56 Å². The zero-order valence-electron chi connectivity index (χ0n) is 15.8. The van der Waals surface area contributed by atoms with Gasteiger partial charge in [-0.2, -0.15) is 0 Å². The number of nitrogens with zero attached hydrogens (tertiary/aromatic N) is 2. The van der Waals surface area contributed by atoms with Gasteiger partial charge in [0.15, 0.2) is 0 Å². The van der Waals surface area contributed by atoms with E-state index >= 15 is 0 Å². The fourth-order valence-electron chi connectivity index (χ4n) is 3.06. The third kappa shape index (κ3) is 4.89. The van der Waals surface area contributed by atoms with Gasteiger partial charge in [0.1, 0.15) is 5.82 Å². The molecule has 144 valence electrons. The molecule has 1 N–H and O–H groups in total. The Hall–Kier alpha value is -2.43. The summed E-state index contributed by atoms with van der Waals surface area (Å²) in [6, 6.07) is 15.4. The number of halogens is 2. The zero-order valence-corrected chi connectivity index (χ0v) is 17.3. The lowest BCUT2D eigenvalue weighted by Crippen LogP contribution is -2.27. The quantitative estimate of drug-likeness (QED) is 0.548. The lowest BCUT2D eigenvalue weighted by Gasteiger charge is -2.13. The van der Waals surface area contributed by atoms with Crippen molar-refractivity contribution in [3.63, 3.8) is 0 Å². The van der Waals surface area contributed by atoms with Crippen molar-refractivity contribution in [2.45, 2.75) is 26.7 Å². The van der Waals surface area contributed by atoms with Crippen LogP contribution in [-0.2, 0) is 6.42 Å². The van der Waals surface area contributed by atoms with E-state index in [1.807, 2.05) is 31.2 Å². The van der Waals surface area contributed by atoms with Crippen molar-refractivity contribution in [3.8, 4) is 11.3 Å². The normalized spacial score (nSPS) is 10.7. The minimum atomic E-state index is -0.188. The molecule has 1 amide bonds. The number of carbonyl (C=O) groups excluding carboxylic acids is 1. The van der Waals surface area contributed by atoms with Crippen molar-refractivity contribution in [1.82, 2.24) is 15.3 Å². The van der Waals surface area contributed by atoms with E-state index in [4.69, 9.17) is 23.2 Å². The standard InChI is InChI=1S/C22H21Cl2N3O/c1-14-20(22(28)25-12-6-9-16-7-4-3-5-8-16)21(27-15(2)26-14)17-10-11-18(23)19(24)13-17/h3-5,7-8,10-11,13H,6,9,12H2,1-2H3,(H,25,28). The van der Waals surface area contributed by atoms with Crippen molar-refractivity contribution >= 4 is 29.1 Å². The highest BCUT2D eigenvalue weighted by molar-refractivity contribution is 6.42. The van der Waals surface area contributed by atoms with Gasteiger partial charge in [-0.25, -0.2) is 9.97 Å². The molecule has 0 radical (unpaired) electrons. The van der Waals surface area contributed by atoms with Gasteiger partial charge in [0.05, 0.1) is 27.0 Å². The maximum absolute atomic E-state index is 12.9. The van der Waals surface area contributed by atoms with Gasteiger partial charge in [-0.15, -0.1) is 0 Å². The summed E-state index contributed by atoms with van der Waals surface area (Å²) in [4.78, 5) is 21.7. The molecule has 0 saturated heterocycles. The molecule has 4 nitrogen and oxygen atoms in total. The molecule has 0 atom stereocenters. The van der Waals surface area contributed by atoms with Gasteiger partial charge < -0.3 is 5.32 Å². The highest BCUT2D eigenvalue weighted by Gasteiger charge is 2.19. The summed E-state index contributed by atoms with van der Waals surface area (Å²) in [5.74, 6) is 0.408. The molecule has 28 heavy (non-hydrogen) atoms. The van der Waals surface area contributed by atoms with E-state index in [-0.39, 0.29) is 5.91 Å². The Morgan fingerprint density at radius 2 is 1.75 bits per heavy atom. The molecule has 1 heterocycles. The second kappa shape index (κ2) is 9.18. The van der Waals surface area contributed by atoms with Crippen LogP contribution in [0.2, 0.25) is 10.0 Å². The largest absolute Gasteiger partial charge is 0.352 e. The maximum atomic E-state index is 12.9. The number of aromatic nitrogens is 2. The molecule has 0 saturated carbocycles. The third-order valence-electron chi connectivity index (χ3n) is 4.39. The van der Waals surface area contributed by atoms with Crippen LogP contribution in [0.3, 0.4) is 0 Å². The van der Waals surface area contributed by atoms with Gasteiger partial charge in [0.2, 0.25) is 0 Å². The first-order chi connectivity index (χ1) is 13.5. The van der Waals surface area contributed by atoms with Gasteiger partial charge >= 0.3 is 0 Å². The summed E-state index contributed by atoms with van der Waals surface area (Å²) < 4.78 is 0. The predicted molar refractivity (Wildman–Crippen MR) is 114 cm³/mol. The van der Waals surface area contributed by atoms with Crippen LogP contribution in [0.4, 0.5) is 0 Å². The predicted octanol–water partition coefficient (Wildman–Crippen LogP) is 5.43. The SMILES string of the molecule is Cc1nc(C)c(C(=O)NCCCc2ccccc2)c(-c2ccc(Cl)c(Cl)c2)n1. The van der Waals surface area contributed by atoms with Crippen LogP contribution < -0.4 is 5.32 Å². The van der Waals surface area contributed by atoms with Gasteiger partial charge in [0, 0.05) is 12.1 Å². The summed E-state index contributed by atoms with van der Waals surface area (Å²) in [6.45, 7) is 4.19. The summed E-state index contributed by atoms with van der Waals surface area (Å²) in [6.07, 6.45) is 1.76. The first-order valence-electron chi connectivity index (χ1n) is 9.08. The molecule has 0 aliphatic carbocycles. The Morgan fingerprint density at radius 1 is 1.00 bits per heavy atom. The first-order valence-corrected chi connectivity index (χ1v) is 9.84. The van der Waals surface area contributed by atoms with E-state index < -0.39 is 0 Å². The van der Waals surface area contributed by atoms with Crippen LogP contribution in [0.1, 0.15) is 33.9 Å². The van der Waals surface area contributed by atoms with Gasteiger partial charge in [-0.1, -0.05) is 59.6 Å². The lowest BCUT2D eigenvalue weighted by molar-refractivity contribution is 0.0952. The summed E-state index contributed by atoms with van der Waals surface area (Å²) in [7, 11) is 0. The van der Waals surface area contributed by atoms with Crippen LogP contribution in [0.15, 0.2) is 48.5 Å². The molecule has 0 unspecified atom stereocenters. The smallest absolute Gasteiger partial charge is 0.255 e. The average molecular weight is 414 g/mol. The van der Waals surface area contributed by atoms with E-state index in [1.54, 1.807) is 19.1 Å².